The number of nitrogens with zero attached hydrogens (tertiary/aromatic N) is 3. The summed E-state index contributed by atoms with van der Waals surface area (Å²) in [6.07, 6.45) is 2.60. The zero-order valence-electron chi connectivity index (χ0n) is 16.1. The lowest BCUT2D eigenvalue weighted by Crippen LogP contribution is -2.15. The van der Waals surface area contributed by atoms with Crippen molar-refractivity contribution in [1.29, 1.82) is 0 Å². The number of benzene rings is 1. The molecule has 0 bridgehead atoms. The van der Waals surface area contributed by atoms with Crippen molar-refractivity contribution in [1.82, 2.24) is 14.8 Å². The van der Waals surface area contributed by atoms with Crippen LogP contribution in [0.15, 0.2) is 40.1 Å². The molecule has 3 rings (SSSR count). The number of furan rings is 1. The fourth-order valence-corrected chi connectivity index (χ4v) is 3.67. The predicted molar refractivity (Wildman–Crippen MR) is 108 cm³/mol. The third kappa shape index (κ3) is 4.42. The van der Waals surface area contributed by atoms with Gasteiger partial charge in [-0.25, -0.2) is 0 Å². The quantitative estimate of drug-likeness (QED) is 0.603. The molecule has 0 fully saturated rings. The summed E-state index contributed by atoms with van der Waals surface area (Å²) in [5.74, 6) is 1.81. The van der Waals surface area contributed by atoms with Crippen LogP contribution in [0.5, 0.6) is 0 Å². The summed E-state index contributed by atoms with van der Waals surface area (Å²) >= 11 is 1.39. The molecule has 7 heteroatoms. The molecular weight excluding hydrogens is 360 g/mol. The van der Waals surface area contributed by atoms with E-state index in [1.165, 1.54) is 17.3 Å². The highest BCUT2D eigenvalue weighted by Crippen LogP contribution is 2.27. The zero-order valence-corrected chi connectivity index (χ0v) is 16.9. The highest BCUT2D eigenvalue weighted by molar-refractivity contribution is 7.99. The lowest BCUT2D eigenvalue weighted by Gasteiger charge is -2.10. The molecule has 0 unspecified atom stereocenters. The Labute approximate surface area is 163 Å². The van der Waals surface area contributed by atoms with Gasteiger partial charge in [0.25, 0.3) is 0 Å². The third-order valence-electron chi connectivity index (χ3n) is 4.25. The van der Waals surface area contributed by atoms with E-state index in [0.717, 1.165) is 46.5 Å². The first-order valence-corrected chi connectivity index (χ1v) is 9.95. The second-order valence-electron chi connectivity index (χ2n) is 6.50. The largest absolute Gasteiger partial charge is 0.469 e. The van der Waals surface area contributed by atoms with Gasteiger partial charge in [0.1, 0.15) is 5.76 Å². The van der Waals surface area contributed by atoms with Crippen molar-refractivity contribution in [3.63, 3.8) is 0 Å². The summed E-state index contributed by atoms with van der Waals surface area (Å²) in [7, 11) is 0. The van der Waals surface area contributed by atoms with E-state index in [-0.39, 0.29) is 11.7 Å². The van der Waals surface area contributed by atoms with Crippen LogP contribution in [0.4, 0.5) is 5.69 Å². The van der Waals surface area contributed by atoms with E-state index in [4.69, 9.17) is 4.42 Å². The lowest BCUT2D eigenvalue weighted by molar-refractivity contribution is -0.113. The third-order valence-corrected chi connectivity index (χ3v) is 5.22. The van der Waals surface area contributed by atoms with Crippen molar-refractivity contribution < 1.29 is 9.21 Å². The van der Waals surface area contributed by atoms with Gasteiger partial charge >= 0.3 is 0 Å². The van der Waals surface area contributed by atoms with E-state index >= 15 is 0 Å². The van der Waals surface area contributed by atoms with E-state index < -0.39 is 0 Å². The van der Waals surface area contributed by atoms with E-state index in [1.807, 2.05) is 43.5 Å². The summed E-state index contributed by atoms with van der Waals surface area (Å²) in [5, 5.41) is 12.3. The average Bonchev–Trinajstić information content (AvgIpc) is 3.22. The Kier molecular flexibility index (Phi) is 6.01. The molecule has 3 aromatic rings. The summed E-state index contributed by atoms with van der Waals surface area (Å²) in [6, 6.07) is 7.88. The summed E-state index contributed by atoms with van der Waals surface area (Å²) in [5.41, 5.74) is 4.01. The standard InChI is InChI=1S/C20H24N4O2S/c1-5-9-24-19(16-8-10-26-15(16)4)22-23-20(24)27-12-18(25)21-17-7-6-13(2)11-14(17)3/h6-8,10-11H,5,9,12H2,1-4H3,(H,21,25). The molecule has 0 aliphatic rings. The van der Waals surface area contributed by atoms with Gasteiger partial charge in [-0.05, 0) is 44.9 Å². The minimum Gasteiger partial charge on any atom is -0.469 e. The number of aryl methyl sites for hydroxylation is 3. The van der Waals surface area contributed by atoms with Crippen LogP contribution < -0.4 is 5.32 Å². The van der Waals surface area contributed by atoms with Crippen molar-refractivity contribution >= 4 is 23.4 Å². The van der Waals surface area contributed by atoms with Gasteiger partial charge in [-0.3, -0.25) is 4.79 Å². The number of carbonyl (C=O) groups is 1. The van der Waals surface area contributed by atoms with Crippen LogP contribution in [0.1, 0.15) is 30.2 Å². The number of nitrogens with one attached hydrogen (secondary N) is 1. The van der Waals surface area contributed by atoms with Crippen molar-refractivity contribution in [2.24, 2.45) is 0 Å². The molecular formula is C20H24N4O2S. The molecule has 0 aliphatic carbocycles. The maximum Gasteiger partial charge on any atom is 0.234 e. The molecule has 27 heavy (non-hydrogen) atoms. The number of anilines is 1. The summed E-state index contributed by atoms with van der Waals surface area (Å²) < 4.78 is 7.44. The number of carbonyl (C=O) groups excluding carboxylic acids is 1. The van der Waals surface area contributed by atoms with Gasteiger partial charge in [-0.1, -0.05) is 36.4 Å². The highest BCUT2D eigenvalue weighted by Gasteiger charge is 2.18. The van der Waals surface area contributed by atoms with Gasteiger partial charge in [0, 0.05) is 12.2 Å². The second-order valence-corrected chi connectivity index (χ2v) is 7.45. The Morgan fingerprint density at radius 3 is 2.70 bits per heavy atom. The molecule has 1 N–H and O–H groups in total. The number of hydrogen-bond donors (Lipinski definition) is 1. The summed E-state index contributed by atoms with van der Waals surface area (Å²) in [6.45, 7) is 8.83. The first kappa shape index (κ1) is 19.2. The minimum absolute atomic E-state index is 0.0564. The smallest absolute Gasteiger partial charge is 0.234 e. The molecule has 0 atom stereocenters. The minimum atomic E-state index is -0.0564. The SMILES string of the molecule is CCCn1c(SCC(=O)Nc2ccc(C)cc2C)nnc1-c1ccoc1C. The lowest BCUT2D eigenvalue weighted by atomic mass is 10.1. The molecule has 6 nitrogen and oxygen atoms in total. The summed E-state index contributed by atoms with van der Waals surface area (Å²) in [4.78, 5) is 12.4. The first-order valence-electron chi connectivity index (χ1n) is 8.97. The van der Waals surface area contributed by atoms with Crippen LogP contribution in [0.25, 0.3) is 11.4 Å². The monoisotopic (exact) mass is 384 g/mol. The van der Waals surface area contributed by atoms with Crippen LogP contribution in [0.2, 0.25) is 0 Å². The van der Waals surface area contributed by atoms with Crippen LogP contribution in [-0.2, 0) is 11.3 Å². The predicted octanol–water partition coefficient (Wildman–Crippen LogP) is 4.60. The normalized spacial score (nSPS) is 11.0. The topological polar surface area (TPSA) is 73.0 Å². The second kappa shape index (κ2) is 8.43. The maximum absolute atomic E-state index is 12.4. The molecule has 0 saturated heterocycles. The van der Waals surface area contributed by atoms with Gasteiger partial charge in [-0.2, -0.15) is 0 Å². The molecule has 2 heterocycles. The molecule has 1 aromatic carbocycles. The fraction of sp³-hybridized carbons (Fsp3) is 0.350. The van der Waals surface area contributed by atoms with Crippen LogP contribution >= 0.6 is 11.8 Å². The molecule has 2 aromatic heterocycles. The van der Waals surface area contributed by atoms with Gasteiger partial charge < -0.3 is 14.3 Å². The van der Waals surface area contributed by atoms with Crippen LogP contribution in [-0.4, -0.2) is 26.4 Å². The van der Waals surface area contributed by atoms with E-state index in [9.17, 15) is 4.79 Å². The first-order chi connectivity index (χ1) is 13.0. The molecule has 0 radical (unpaired) electrons. The highest BCUT2D eigenvalue weighted by atomic mass is 32.2. The molecule has 0 saturated carbocycles. The number of rotatable bonds is 7. The molecule has 0 spiro atoms. The van der Waals surface area contributed by atoms with E-state index in [1.54, 1.807) is 6.26 Å². The van der Waals surface area contributed by atoms with Gasteiger partial charge in [-0.15, -0.1) is 10.2 Å². The molecule has 142 valence electrons. The van der Waals surface area contributed by atoms with E-state index in [0.29, 0.717) is 0 Å². The van der Waals surface area contributed by atoms with Gasteiger partial charge in [0.2, 0.25) is 5.91 Å². The fourth-order valence-electron chi connectivity index (χ4n) is 2.91. The van der Waals surface area contributed by atoms with Crippen LogP contribution in [0.3, 0.4) is 0 Å². The zero-order chi connectivity index (χ0) is 19.4. The number of thioether (sulfide) groups is 1. The Hall–Kier alpha value is -2.54. The maximum atomic E-state index is 12.4. The number of hydrogen-bond acceptors (Lipinski definition) is 5. The number of aromatic nitrogens is 3. The van der Waals surface area contributed by atoms with Crippen molar-refractivity contribution in [2.75, 3.05) is 11.1 Å². The Morgan fingerprint density at radius 1 is 1.22 bits per heavy atom. The van der Waals surface area contributed by atoms with E-state index in [2.05, 4.69) is 28.5 Å². The van der Waals surface area contributed by atoms with Crippen molar-refractivity contribution in [3.8, 4) is 11.4 Å². The van der Waals surface area contributed by atoms with Crippen LogP contribution in [0, 0.1) is 20.8 Å². The Morgan fingerprint density at radius 2 is 2.04 bits per heavy atom. The van der Waals surface area contributed by atoms with Crippen molar-refractivity contribution in [3.05, 3.63) is 47.4 Å². The van der Waals surface area contributed by atoms with Gasteiger partial charge in [0.05, 0.1) is 17.6 Å². The Balaban J connectivity index is 1.71. The molecule has 1 amide bonds. The van der Waals surface area contributed by atoms with Gasteiger partial charge in [0.15, 0.2) is 11.0 Å². The average molecular weight is 385 g/mol. The Bertz CT molecular complexity index is 945. The molecule has 0 aliphatic heterocycles. The van der Waals surface area contributed by atoms with Crippen molar-refractivity contribution in [2.45, 2.75) is 45.8 Å². The number of amides is 1.